The van der Waals surface area contributed by atoms with Crippen LogP contribution in [0.15, 0.2) is 60.9 Å². The minimum absolute atomic E-state index is 0.288. The van der Waals surface area contributed by atoms with E-state index in [9.17, 15) is 9.59 Å². The van der Waals surface area contributed by atoms with Crippen molar-refractivity contribution in [3.8, 4) is 5.69 Å². The number of aromatic nitrogens is 2. The van der Waals surface area contributed by atoms with E-state index >= 15 is 0 Å². The first kappa shape index (κ1) is 18.5. The van der Waals surface area contributed by atoms with Gasteiger partial charge in [-0.1, -0.05) is 11.6 Å². The van der Waals surface area contributed by atoms with Crippen LogP contribution in [-0.2, 0) is 4.74 Å². The molecule has 0 aliphatic rings. The van der Waals surface area contributed by atoms with Crippen molar-refractivity contribution in [2.75, 3.05) is 24.4 Å². The van der Waals surface area contributed by atoms with Gasteiger partial charge in [0.25, 0.3) is 5.91 Å². The van der Waals surface area contributed by atoms with Crippen molar-refractivity contribution in [3.05, 3.63) is 71.5 Å². The fraction of sp³-hybridized carbons (Fsp3) is 0.105. The fourth-order valence-electron chi connectivity index (χ4n) is 2.39. The molecule has 7 nitrogen and oxygen atoms in total. The summed E-state index contributed by atoms with van der Waals surface area (Å²) in [6, 6.07) is 14.0. The van der Waals surface area contributed by atoms with Gasteiger partial charge in [0.05, 0.1) is 24.6 Å². The lowest BCUT2D eigenvalue weighted by atomic mass is 10.2. The summed E-state index contributed by atoms with van der Waals surface area (Å²) in [6.45, 7) is 0. The third kappa shape index (κ3) is 4.27. The van der Waals surface area contributed by atoms with Gasteiger partial charge in [0.1, 0.15) is 0 Å². The van der Waals surface area contributed by atoms with Gasteiger partial charge in [0.15, 0.2) is 0 Å². The van der Waals surface area contributed by atoms with Crippen LogP contribution in [0.5, 0.6) is 0 Å². The van der Waals surface area contributed by atoms with Gasteiger partial charge < -0.3 is 10.1 Å². The van der Waals surface area contributed by atoms with Crippen molar-refractivity contribution in [1.82, 2.24) is 9.78 Å². The minimum atomic E-state index is -0.471. The molecule has 2 amide bonds. The molecule has 1 heterocycles. The van der Waals surface area contributed by atoms with Gasteiger partial charge in [-0.15, -0.1) is 0 Å². The molecule has 2 aromatic carbocycles. The number of nitrogens with one attached hydrogen (secondary N) is 1. The zero-order valence-electron chi connectivity index (χ0n) is 14.7. The normalized spacial score (nSPS) is 10.3. The SMILES string of the molecule is COC(=O)N(C)c1ccc(NC(=O)c2cnn(-c3ccc(Cl)cc3)c2)cc1. The number of amides is 2. The first-order valence-electron chi connectivity index (χ1n) is 8.01. The number of ether oxygens (including phenoxy) is 1. The molecule has 1 N–H and O–H groups in total. The highest BCUT2D eigenvalue weighted by Crippen LogP contribution is 2.19. The van der Waals surface area contributed by atoms with E-state index < -0.39 is 6.09 Å². The minimum Gasteiger partial charge on any atom is -0.452 e. The third-order valence-corrected chi connectivity index (χ3v) is 4.15. The van der Waals surface area contributed by atoms with Crippen molar-refractivity contribution in [2.45, 2.75) is 0 Å². The molecule has 3 aromatic rings. The predicted octanol–water partition coefficient (Wildman–Crippen LogP) is 3.98. The topological polar surface area (TPSA) is 76.5 Å². The Hall–Kier alpha value is -3.32. The monoisotopic (exact) mass is 384 g/mol. The standard InChI is InChI=1S/C19H17ClN4O3/c1-23(19(26)27-2)16-9-5-15(6-10-16)22-18(25)13-11-21-24(12-13)17-7-3-14(20)4-8-17/h3-12H,1-2H3,(H,22,25). The number of rotatable bonds is 4. The lowest BCUT2D eigenvalue weighted by Gasteiger charge is -2.15. The van der Waals surface area contributed by atoms with Crippen LogP contribution in [0.4, 0.5) is 16.2 Å². The number of halogens is 1. The van der Waals surface area contributed by atoms with E-state index in [1.54, 1.807) is 54.3 Å². The summed E-state index contributed by atoms with van der Waals surface area (Å²) >= 11 is 5.88. The van der Waals surface area contributed by atoms with Crippen LogP contribution in [-0.4, -0.2) is 35.9 Å². The van der Waals surface area contributed by atoms with Crippen LogP contribution in [0.1, 0.15) is 10.4 Å². The van der Waals surface area contributed by atoms with Gasteiger partial charge in [-0.2, -0.15) is 5.10 Å². The molecular formula is C19H17ClN4O3. The fourth-order valence-corrected chi connectivity index (χ4v) is 2.52. The smallest absolute Gasteiger partial charge is 0.413 e. The predicted molar refractivity (Wildman–Crippen MR) is 104 cm³/mol. The largest absolute Gasteiger partial charge is 0.452 e. The van der Waals surface area contributed by atoms with Gasteiger partial charge in [0.2, 0.25) is 0 Å². The summed E-state index contributed by atoms with van der Waals surface area (Å²) in [7, 11) is 2.92. The average Bonchev–Trinajstić information content (AvgIpc) is 3.18. The highest BCUT2D eigenvalue weighted by atomic mass is 35.5. The molecule has 3 rings (SSSR count). The summed E-state index contributed by atoms with van der Waals surface area (Å²) in [5.41, 5.74) is 2.46. The highest BCUT2D eigenvalue weighted by molar-refractivity contribution is 6.30. The van der Waals surface area contributed by atoms with E-state index in [-0.39, 0.29) is 5.91 Å². The quantitative estimate of drug-likeness (QED) is 0.738. The second kappa shape index (κ2) is 7.92. The van der Waals surface area contributed by atoms with Crippen molar-refractivity contribution in [1.29, 1.82) is 0 Å². The van der Waals surface area contributed by atoms with Crippen molar-refractivity contribution in [3.63, 3.8) is 0 Å². The zero-order chi connectivity index (χ0) is 19.4. The number of nitrogens with zero attached hydrogens (tertiary/aromatic N) is 3. The first-order valence-corrected chi connectivity index (χ1v) is 8.39. The summed E-state index contributed by atoms with van der Waals surface area (Å²) in [6.07, 6.45) is 2.66. The summed E-state index contributed by atoms with van der Waals surface area (Å²) in [5.74, 6) is -0.288. The van der Waals surface area contributed by atoms with E-state index in [2.05, 4.69) is 15.2 Å². The van der Waals surface area contributed by atoms with Gasteiger partial charge in [-0.3, -0.25) is 9.69 Å². The molecule has 0 aliphatic heterocycles. The maximum atomic E-state index is 12.4. The van der Waals surface area contributed by atoms with Crippen LogP contribution in [0.25, 0.3) is 5.69 Å². The Kier molecular flexibility index (Phi) is 5.42. The van der Waals surface area contributed by atoms with Gasteiger partial charge in [0, 0.05) is 29.6 Å². The van der Waals surface area contributed by atoms with Crippen LogP contribution < -0.4 is 10.2 Å². The summed E-state index contributed by atoms with van der Waals surface area (Å²) in [5, 5.41) is 7.62. The molecule has 138 valence electrons. The lowest BCUT2D eigenvalue weighted by molar-refractivity contribution is 0.102. The summed E-state index contributed by atoms with van der Waals surface area (Å²) in [4.78, 5) is 25.3. The average molecular weight is 385 g/mol. The van der Waals surface area contributed by atoms with Crippen molar-refractivity contribution in [2.24, 2.45) is 0 Å². The molecule has 0 fully saturated rings. The van der Waals surface area contributed by atoms with Crippen molar-refractivity contribution < 1.29 is 14.3 Å². The van der Waals surface area contributed by atoms with Crippen LogP contribution in [0.2, 0.25) is 5.02 Å². The maximum absolute atomic E-state index is 12.4. The van der Waals surface area contributed by atoms with Gasteiger partial charge in [-0.25, -0.2) is 9.48 Å². The molecule has 0 atom stereocenters. The van der Waals surface area contributed by atoms with E-state index in [1.165, 1.54) is 18.2 Å². The molecule has 0 bridgehead atoms. The van der Waals surface area contributed by atoms with Crippen LogP contribution in [0.3, 0.4) is 0 Å². The Morgan fingerprint density at radius 3 is 2.41 bits per heavy atom. The molecule has 0 aliphatic carbocycles. The number of carbonyl (C=O) groups excluding carboxylic acids is 2. The second-order valence-electron chi connectivity index (χ2n) is 5.68. The van der Waals surface area contributed by atoms with Crippen LogP contribution in [0, 0.1) is 0 Å². The Morgan fingerprint density at radius 1 is 1.11 bits per heavy atom. The number of carbonyl (C=O) groups is 2. The molecule has 0 spiro atoms. The maximum Gasteiger partial charge on any atom is 0.413 e. The van der Waals surface area contributed by atoms with Crippen molar-refractivity contribution >= 4 is 35.0 Å². The summed E-state index contributed by atoms with van der Waals surface area (Å²) < 4.78 is 6.26. The molecule has 27 heavy (non-hydrogen) atoms. The molecule has 0 radical (unpaired) electrons. The molecular weight excluding hydrogens is 368 g/mol. The molecule has 0 saturated carbocycles. The second-order valence-corrected chi connectivity index (χ2v) is 6.12. The first-order chi connectivity index (χ1) is 13.0. The number of anilines is 2. The number of benzene rings is 2. The van der Waals surface area contributed by atoms with Crippen LogP contribution >= 0.6 is 11.6 Å². The molecule has 0 saturated heterocycles. The molecule has 1 aromatic heterocycles. The lowest BCUT2D eigenvalue weighted by Crippen LogP contribution is -2.25. The number of hydrogen-bond donors (Lipinski definition) is 1. The van der Waals surface area contributed by atoms with Gasteiger partial charge in [-0.05, 0) is 48.5 Å². The number of hydrogen-bond acceptors (Lipinski definition) is 4. The van der Waals surface area contributed by atoms with Gasteiger partial charge >= 0.3 is 6.09 Å². The van der Waals surface area contributed by atoms with E-state index in [4.69, 9.17) is 11.6 Å². The molecule has 0 unspecified atom stereocenters. The van der Waals surface area contributed by atoms with E-state index in [0.29, 0.717) is 22.0 Å². The third-order valence-electron chi connectivity index (χ3n) is 3.90. The van der Waals surface area contributed by atoms with E-state index in [1.807, 2.05) is 12.1 Å². The molecule has 8 heteroatoms. The van der Waals surface area contributed by atoms with E-state index in [0.717, 1.165) is 5.69 Å². The Balaban J connectivity index is 1.69. The number of methoxy groups -OCH3 is 1. The Bertz CT molecular complexity index is 952. The highest BCUT2D eigenvalue weighted by Gasteiger charge is 2.12. The zero-order valence-corrected chi connectivity index (χ0v) is 15.5. The Morgan fingerprint density at radius 2 is 1.78 bits per heavy atom. The Labute approximate surface area is 161 Å².